The third-order valence-electron chi connectivity index (χ3n) is 2.34. The number of alkyl halides is 1. The Balaban J connectivity index is 2.41. The molecule has 0 aliphatic carbocycles. The van der Waals surface area contributed by atoms with E-state index in [0.29, 0.717) is 0 Å². The first-order chi connectivity index (χ1) is 7.59. The minimum atomic E-state index is -0.107. The number of benzene rings is 1. The Morgan fingerprint density at radius 3 is 2.62 bits per heavy atom. The molecule has 0 N–H and O–H groups in total. The van der Waals surface area contributed by atoms with E-state index in [2.05, 4.69) is 41.6 Å². The van der Waals surface area contributed by atoms with Gasteiger partial charge in [0.05, 0.1) is 9.71 Å². The Morgan fingerprint density at radius 2 is 2.00 bits per heavy atom. The second-order valence-electron chi connectivity index (χ2n) is 3.48. The van der Waals surface area contributed by atoms with Crippen LogP contribution in [0.5, 0.6) is 0 Å². The maximum atomic E-state index is 6.47. The third-order valence-corrected chi connectivity index (χ3v) is 5.71. The maximum Gasteiger partial charge on any atom is 0.0938 e. The summed E-state index contributed by atoms with van der Waals surface area (Å²) in [5, 5.41) is -0.107. The van der Waals surface area contributed by atoms with E-state index in [0.717, 1.165) is 14.8 Å². The van der Waals surface area contributed by atoms with Crippen molar-refractivity contribution in [1.82, 2.24) is 0 Å². The number of rotatable bonds is 2. The second kappa shape index (κ2) is 5.25. The van der Waals surface area contributed by atoms with Crippen molar-refractivity contribution >= 4 is 57.1 Å². The van der Waals surface area contributed by atoms with Gasteiger partial charge in [0.1, 0.15) is 0 Å². The van der Waals surface area contributed by atoms with Gasteiger partial charge >= 0.3 is 0 Å². The Labute approximate surface area is 123 Å². The van der Waals surface area contributed by atoms with Gasteiger partial charge in [-0.2, -0.15) is 0 Å². The third kappa shape index (κ3) is 2.55. The molecule has 1 heterocycles. The van der Waals surface area contributed by atoms with Gasteiger partial charge in [0.2, 0.25) is 0 Å². The average molecular weight is 383 g/mol. The van der Waals surface area contributed by atoms with Crippen LogP contribution in [0.1, 0.15) is 21.4 Å². The molecule has 0 bridgehead atoms. The molecule has 1 unspecified atom stereocenters. The molecular formula is C12H9Cl2IS. The van der Waals surface area contributed by atoms with Crippen molar-refractivity contribution < 1.29 is 0 Å². The van der Waals surface area contributed by atoms with Gasteiger partial charge in [-0.25, -0.2) is 0 Å². The summed E-state index contributed by atoms with van der Waals surface area (Å²) < 4.78 is 2.01. The fourth-order valence-corrected chi connectivity index (χ4v) is 3.78. The summed E-state index contributed by atoms with van der Waals surface area (Å²) in [7, 11) is 0. The summed E-state index contributed by atoms with van der Waals surface area (Å²) in [6, 6.07) is 10.1. The maximum absolute atomic E-state index is 6.47. The van der Waals surface area contributed by atoms with Crippen molar-refractivity contribution in [1.29, 1.82) is 0 Å². The molecule has 84 valence electrons. The monoisotopic (exact) mass is 382 g/mol. The summed E-state index contributed by atoms with van der Waals surface area (Å²) >= 11 is 16.3. The molecule has 0 aliphatic rings. The van der Waals surface area contributed by atoms with Crippen LogP contribution in [0.25, 0.3) is 0 Å². The molecule has 1 atom stereocenters. The molecule has 1 aromatic carbocycles. The normalized spacial score (nSPS) is 12.8. The van der Waals surface area contributed by atoms with Gasteiger partial charge in [-0.05, 0) is 52.8 Å². The molecular weight excluding hydrogens is 374 g/mol. The molecule has 0 spiro atoms. The van der Waals surface area contributed by atoms with Crippen LogP contribution in [0.2, 0.25) is 4.34 Å². The highest BCUT2D eigenvalue weighted by atomic mass is 127. The van der Waals surface area contributed by atoms with E-state index >= 15 is 0 Å². The quantitative estimate of drug-likeness (QED) is 0.465. The van der Waals surface area contributed by atoms with E-state index in [-0.39, 0.29) is 5.38 Å². The lowest BCUT2D eigenvalue weighted by atomic mass is 10.1. The molecule has 0 nitrogen and oxygen atoms in total. The van der Waals surface area contributed by atoms with Crippen molar-refractivity contribution in [3.63, 3.8) is 0 Å². The first kappa shape index (κ1) is 12.7. The minimum absolute atomic E-state index is 0.107. The van der Waals surface area contributed by atoms with E-state index < -0.39 is 0 Å². The largest absolute Gasteiger partial charge is 0.127 e. The SMILES string of the molecule is Cc1cccc(C(Cl)c2ccc(Cl)s2)c1I. The average Bonchev–Trinajstić information content (AvgIpc) is 2.68. The first-order valence-corrected chi connectivity index (χ1v) is 7.45. The lowest BCUT2D eigenvalue weighted by Gasteiger charge is -2.11. The molecule has 2 aromatic rings. The molecule has 0 saturated carbocycles. The predicted molar refractivity (Wildman–Crippen MR) is 80.9 cm³/mol. The number of hydrogen-bond acceptors (Lipinski definition) is 1. The van der Waals surface area contributed by atoms with Crippen LogP contribution >= 0.6 is 57.1 Å². The highest BCUT2D eigenvalue weighted by Crippen LogP contribution is 2.37. The van der Waals surface area contributed by atoms with Crippen LogP contribution in [0, 0.1) is 10.5 Å². The molecule has 0 aliphatic heterocycles. The molecule has 0 radical (unpaired) electrons. The van der Waals surface area contributed by atoms with Crippen molar-refractivity contribution in [2.75, 3.05) is 0 Å². The van der Waals surface area contributed by atoms with E-state index in [1.165, 1.54) is 20.5 Å². The van der Waals surface area contributed by atoms with Gasteiger partial charge in [-0.1, -0.05) is 29.8 Å². The van der Waals surface area contributed by atoms with Gasteiger partial charge in [0, 0.05) is 8.45 Å². The Morgan fingerprint density at radius 1 is 1.25 bits per heavy atom. The summed E-state index contributed by atoms with van der Waals surface area (Å²) in [6.45, 7) is 2.09. The number of hydrogen-bond donors (Lipinski definition) is 0. The molecule has 16 heavy (non-hydrogen) atoms. The van der Waals surface area contributed by atoms with Gasteiger partial charge in [-0.3, -0.25) is 0 Å². The fraction of sp³-hybridized carbons (Fsp3) is 0.167. The lowest BCUT2D eigenvalue weighted by Crippen LogP contribution is -1.95. The Kier molecular flexibility index (Phi) is 4.16. The molecule has 0 fully saturated rings. The Bertz CT molecular complexity index is 507. The molecule has 4 heteroatoms. The lowest BCUT2D eigenvalue weighted by molar-refractivity contribution is 1.15. The summed E-state index contributed by atoms with van der Waals surface area (Å²) in [6.07, 6.45) is 0. The predicted octanol–water partition coefficient (Wildman–Crippen LogP) is 5.64. The summed E-state index contributed by atoms with van der Waals surface area (Å²) in [5.41, 5.74) is 2.41. The van der Waals surface area contributed by atoms with Crippen LogP contribution in [0.3, 0.4) is 0 Å². The molecule has 1 aromatic heterocycles. The van der Waals surface area contributed by atoms with E-state index in [1.54, 1.807) is 0 Å². The van der Waals surface area contributed by atoms with Gasteiger partial charge in [0.15, 0.2) is 0 Å². The van der Waals surface area contributed by atoms with Crippen molar-refractivity contribution in [2.45, 2.75) is 12.3 Å². The second-order valence-corrected chi connectivity index (χ2v) is 6.74. The van der Waals surface area contributed by atoms with Crippen molar-refractivity contribution in [3.05, 3.63) is 54.2 Å². The molecule has 0 saturated heterocycles. The number of aryl methyl sites for hydroxylation is 1. The smallest absolute Gasteiger partial charge is 0.0938 e. The van der Waals surface area contributed by atoms with Gasteiger partial charge in [-0.15, -0.1) is 22.9 Å². The Hall–Kier alpha value is 0.230. The zero-order valence-electron chi connectivity index (χ0n) is 8.51. The summed E-state index contributed by atoms with van der Waals surface area (Å²) in [4.78, 5) is 1.09. The van der Waals surface area contributed by atoms with Crippen LogP contribution in [0.4, 0.5) is 0 Å². The zero-order chi connectivity index (χ0) is 11.7. The molecule has 0 amide bonds. The first-order valence-electron chi connectivity index (χ1n) is 4.74. The summed E-state index contributed by atoms with van der Waals surface area (Å²) in [5.74, 6) is 0. The van der Waals surface area contributed by atoms with E-state index in [9.17, 15) is 0 Å². The highest BCUT2D eigenvalue weighted by Gasteiger charge is 2.16. The standard InChI is InChI=1S/C12H9Cl2IS/c1-7-3-2-4-8(12(7)15)11(14)9-5-6-10(13)16-9/h2-6,11H,1H3. The van der Waals surface area contributed by atoms with Gasteiger partial charge in [0.25, 0.3) is 0 Å². The van der Waals surface area contributed by atoms with Gasteiger partial charge < -0.3 is 0 Å². The van der Waals surface area contributed by atoms with Crippen molar-refractivity contribution in [3.8, 4) is 0 Å². The zero-order valence-corrected chi connectivity index (χ0v) is 13.0. The number of halogens is 3. The van der Waals surface area contributed by atoms with E-state index in [4.69, 9.17) is 23.2 Å². The number of thiophene rings is 1. The van der Waals surface area contributed by atoms with Crippen LogP contribution in [0.15, 0.2) is 30.3 Å². The van der Waals surface area contributed by atoms with E-state index in [1.807, 2.05) is 18.2 Å². The van der Waals surface area contributed by atoms with Crippen molar-refractivity contribution in [2.24, 2.45) is 0 Å². The fourth-order valence-electron chi connectivity index (χ4n) is 1.48. The topological polar surface area (TPSA) is 0 Å². The van der Waals surface area contributed by atoms with Crippen LogP contribution < -0.4 is 0 Å². The minimum Gasteiger partial charge on any atom is -0.127 e. The molecule has 2 rings (SSSR count). The highest BCUT2D eigenvalue weighted by molar-refractivity contribution is 14.1. The van der Waals surface area contributed by atoms with Crippen LogP contribution in [-0.2, 0) is 0 Å². The van der Waals surface area contributed by atoms with Crippen LogP contribution in [-0.4, -0.2) is 0 Å².